The number of amides is 1. The van der Waals surface area contributed by atoms with Crippen molar-refractivity contribution < 1.29 is 4.79 Å². The molecule has 1 heterocycles. The molecule has 1 N–H and O–H groups in total. The molecule has 84 valence electrons. The van der Waals surface area contributed by atoms with Crippen LogP contribution in [0, 0.1) is 0 Å². The normalized spacial score (nSPS) is 12.4. The first-order valence-corrected chi connectivity index (χ1v) is 6.59. The predicted octanol–water partition coefficient (Wildman–Crippen LogP) is 3.33. The summed E-state index contributed by atoms with van der Waals surface area (Å²) in [7, 11) is 0. The number of alkyl halides is 1. The van der Waals surface area contributed by atoms with Gasteiger partial charge < -0.3 is 5.32 Å². The van der Waals surface area contributed by atoms with Gasteiger partial charge in [0, 0.05) is 12.3 Å². The Bertz CT molecular complexity index is 287. The highest BCUT2D eigenvalue weighted by molar-refractivity contribution is 7.07. The number of rotatable bonds is 6. The minimum absolute atomic E-state index is 0.110. The van der Waals surface area contributed by atoms with Crippen LogP contribution in [0.25, 0.3) is 0 Å². The summed E-state index contributed by atoms with van der Waals surface area (Å²) in [6.45, 7) is 2.00. The van der Waals surface area contributed by atoms with Crippen molar-refractivity contribution in [1.82, 2.24) is 5.32 Å². The van der Waals surface area contributed by atoms with Crippen molar-refractivity contribution in [3.05, 3.63) is 22.4 Å². The van der Waals surface area contributed by atoms with Crippen molar-refractivity contribution in [1.29, 1.82) is 0 Å². The number of halogens is 1. The molecule has 0 fully saturated rings. The van der Waals surface area contributed by atoms with E-state index < -0.39 is 0 Å². The summed E-state index contributed by atoms with van der Waals surface area (Å²) >= 11 is 7.19. The smallest absolute Gasteiger partial charge is 0.220 e. The average molecular weight is 246 g/mol. The van der Waals surface area contributed by atoms with E-state index in [1.165, 1.54) is 5.56 Å². The summed E-state index contributed by atoms with van der Waals surface area (Å²) in [5.41, 5.74) is 1.17. The Balaban J connectivity index is 2.26. The van der Waals surface area contributed by atoms with Gasteiger partial charge in [0.25, 0.3) is 0 Å². The van der Waals surface area contributed by atoms with Crippen molar-refractivity contribution in [2.75, 3.05) is 5.88 Å². The standard InChI is InChI=1S/C11H16ClNOS/c1-9(10-5-7-15-8-10)13-11(14)4-2-3-6-12/h5,7-9H,2-4,6H2,1H3,(H,13,14). The van der Waals surface area contributed by atoms with Gasteiger partial charge in [-0.25, -0.2) is 0 Å². The van der Waals surface area contributed by atoms with Crippen LogP contribution in [0.2, 0.25) is 0 Å². The Kier molecular flexibility index (Phi) is 5.73. The van der Waals surface area contributed by atoms with E-state index in [1.54, 1.807) is 11.3 Å². The summed E-state index contributed by atoms with van der Waals surface area (Å²) in [6, 6.07) is 2.15. The highest BCUT2D eigenvalue weighted by atomic mass is 35.5. The molecule has 0 aliphatic rings. The minimum Gasteiger partial charge on any atom is -0.350 e. The molecule has 4 heteroatoms. The zero-order valence-electron chi connectivity index (χ0n) is 8.83. The average Bonchev–Trinajstić information content (AvgIpc) is 2.70. The lowest BCUT2D eigenvalue weighted by Gasteiger charge is -2.12. The lowest BCUT2D eigenvalue weighted by atomic mass is 10.1. The maximum Gasteiger partial charge on any atom is 0.220 e. The molecular formula is C11H16ClNOS. The molecule has 1 aromatic rings. The highest BCUT2D eigenvalue weighted by Crippen LogP contribution is 2.15. The fraction of sp³-hybridized carbons (Fsp3) is 0.545. The number of nitrogens with one attached hydrogen (secondary N) is 1. The van der Waals surface area contributed by atoms with Crippen LogP contribution in [-0.4, -0.2) is 11.8 Å². The lowest BCUT2D eigenvalue weighted by molar-refractivity contribution is -0.121. The molecule has 0 aromatic carbocycles. The van der Waals surface area contributed by atoms with Gasteiger partial charge in [-0.1, -0.05) is 0 Å². The van der Waals surface area contributed by atoms with Crippen molar-refractivity contribution in [2.45, 2.75) is 32.2 Å². The van der Waals surface area contributed by atoms with Crippen molar-refractivity contribution in [3.63, 3.8) is 0 Å². The quantitative estimate of drug-likeness (QED) is 0.605. The van der Waals surface area contributed by atoms with Gasteiger partial charge in [-0.3, -0.25) is 4.79 Å². The van der Waals surface area contributed by atoms with Crippen molar-refractivity contribution in [2.24, 2.45) is 0 Å². The maximum absolute atomic E-state index is 11.5. The second-order valence-corrected chi connectivity index (χ2v) is 4.65. The van der Waals surface area contributed by atoms with Crippen LogP contribution in [0.4, 0.5) is 0 Å². The molecule has 0 aliphatic heterocycles. The zero-order valence-corrected chi connectivity index (χ0v) is 10.4. The number of hydrogen-bond donors (Lipinski definition) is 1. The Morgan fingerprint density at radius 2 is 2.40 bits per heavy atom. The molecule has 1 atom stereocenters. The van der Waals surface area contributed by atoms with Crippen LogP contribution in [0.3, 0.4) is 0 Å². The third-order valence-corrected chi connectivity index (χ3v) is 3.18. The largest absolute Gasteiger partial charge is 0.350 e. The van der Waals surface area contributed by atoms with Crippen LogP contribution < -0.4 is 5.32 Å². The van der Waals surface area contributed by atoms with Crippen LogP contribution in [0.1, 0.15) is 37.8 Å². The molecule has 1 amide bonds. The third-order valence-electron chi connectivity index (χ3n) is 2.21. The molecule has 0 radical (unpaired) electrons. The summed E-state index contributed by atoms with van der Waals surface area (Å²) in [6.07, 6.45) is 2.34. The molecule has 1 aromatic heterocycles. The number of carbonyl (C=O) groups excluding carboxylic acids is 1. The summed E-state index contributed by atoms with van der Waals surface area (Å²) < 4.78 is 0. The molecule has 2 nitrogen and oxygen atoms in total. The Morgan fingerprint density at radius 1 is 1.60 bits per heavy atom. The first-order chi connectivity index (χ1) is 7.24. The monoisotopic (exact) mass is 245 g/mol. The van der Waals surface area contributed by atoms with Gasteiger partial charge in [0.05, 0.1) is 6.04 Å². The van der Waals surface area contributed by atoms with Crippen molar-refractivity contribution >= 4 is 28.8 Å². The minimum atomic E-state index is 0.110. The Labute approximate surface area is 99.6 Å². The van der Waals surface area contributed by atoms with E-state index in [0.717, 1.165) is 12.8 Å². The molecule has 0 aliphatic carbocycles. The van der Waals surface area contributed by atoms with Gasteiger partial charge in [0.2, 0.25) is 5.91 Å². The first-order valence-electron chi connectivity index (χ1n) is 5.11. The SMILES string of the molecule is CC(NC(=O)CCCCCl)c1ccsc1. The number of hydrogen-bond acceptors (Lipinski definition) is 2. The Hall–Kier alpha value is -0.540. The molecule has 0 spiro atoms. The van der Waals surface area contributed by atoms with E-state index in [-0.39, 0.29) is 11.9 Å². The predicted molar refractivity (Wildman–Crippen MR) is 65.4 cm³/mol. The topological polar surface area (TPSA) is 29.1 Å². The van der Waals surface area contributed by atoms with Gasteiger partial charge in [0.1, 0.15) is 0 Å². The molecule has 1 rings (SSSR count). The van der Waals surface area contributed by atoms with Gasteiger partial charge in [0.15, 0.2) is 0 Å². The summed E-state index contributed by atoms with van der Waals surface area (Å²) in [5.74, 6) is 0.742. The maximum atomic E-state index is 11.5. The number of thiophene rings is 1. The van der Waals surface area contributed by atoms with Crippen LogP contribution in [0.15, 0.2) is 16.8 Å². The van der Waals surface area contributed by atoms with Crippen molar-refractivity contribution in [3.8, 4) is 0 Å². The van der Waals surface area contributed by atoms with Crippen LogP contribution in [0.5, 0.6) is 0 Å². The zero-order chi connectivity index (χ0) is 11.1. The van der Waals surface area contributed by atoms with E-state index in [1.807, 2.05) is 18.4 Å². The lowest BCUT2D eigenvalue weighted by Crippen LogP contribution is -2.25. The molecule has 0 saturated carbocycles. The number of carbonyl (C=O) groups is 1. The molecular weight excluding hydrogens is 230 g/mol. The summed E-state index contributed by atoms with van der Waals surface area (Å²) in [5, 5.41) is 7.04. The van der Waals surface area contributed by atoms with E-state index in [4.69, 9.17) is 11.6 Å². The number of unbranched alkanes of at least 4 members (excludes halogenated alkanes) is 1. The van der Waals surface area contributed by atoms with E-state index in [0.29, 0.717) is 12.3 Å². The van der Waals surface area contributed by atoms with E-state index in [9.17, 15) is 4.79 Å². The first kappa shape index (κ1) is 12.5. The molecule has 15 heavy (non-hydrogen) atoms. The fourth-order valence-electron chi connectivity index (χ4n) is 1.30. The van der Waals surface area contributed by atoms with E-state index >= 15 is 0 Å². The van der Waals surface area contributed by atoms with Crippen LogP contribution in [-0.2, 0) is 4.79 Å². The fourth-order valence-corrected chi connectivity index (χ4v) is 2.24. The van der Waals surface area contributed by atoms with Gasteiger partial charge >= 0.3 is 0 Å². The van der Waals surface area contributed by atoms with E-state index in [2.05, 4.69) is 10.7 Å². The molecule has 0 saturated heterocycles. The van der Waals surface area contributed by atoms with Gasteiger partial charge in [-0.05, 0) is 42.2 Å². The highest BCUT2D eigenvalue weighted by Gasteiger charge is 2.08. The molecule has 1 unspecified atom stereocenters. The Morgan fingerprint density at radius 3 is 3.00 bits per heavy atom. The van der Waals surface area contributed by atoms with Gasteiger partial charge in [-0.2, -0.15) is 11.3 Å². The third kappa shape index (κ3) is 4.67. The second-order valence-electron chi connectivity index (χ2n) is 3.49. The summed E-state index contributed by atoms with van der Waals surface area (Å²) in [4.78, 5) is 11.5. The molecule has 0 bridgehead atoms. The second kappa shape index (κ2) is 6.85. The van der Waals surface area contributed by atoms with Gasteiger partial charge in [-0.15, -0.1) is 11.6 Å². The van der Waals surface area contributed by atoms with Crippen LogP contribution >= 0.6 is 22.9 Å².